The standard InChI is InChI=1S/C23H28N2O4/c1-5-17(4)13-18-14-20(28-11-12-29-23(27)16(2)3)15-21(22(18)26)25-24-19-9-7-6-8-10-19/h6-10,14-15,17,26H,2,5,11-13H2,1,3-4H3. The molecule has 0 aliphatic carbocycles. The van der Waals surface area contributed by atoms with Crippen molar-refractivity contribution in [2.24, 2.45) is 16.1 Å². The number of hydrogen-bond acceptors (Lipinski definition) is 6. The van der Waals surface area contributed by atoms with E-state index in [0.717, 1.165) is 12.0 Å². The number of azo groups is 1. The number of phenolic OH excluding ortho intramolecular Hbond substituents is 1. The van der Waals surface area contributed by atoms with Crippen LogP contribution >= 0.6 is 0 Å². The van der Waals surface area contributed by atoms with Crippen molar-refractivity contribution in [2.45, 2.75) is 33.6 Å². The molecule has 29 heavy (non-hydrogen) atoms. The fourth-order valence-corrected chi connectivity index (χ4v) is 2.51. The highest BCUT2D eigenvalue weighted by molar-refractivity contribution is 5.86. The second kappa shape index (κ2) is 11.0. The molecule has 0 aliphatic rings. The van der Waals surface area contributed by atoms with Crippen molar-refractivity contribution in [3.8, 4) is 11.5 Å². The molecule has 1 N–H and O–H groups in total. The number of rotatable bonds is 10. The first-order chi connectivity index (χ1) is 13.9. The molecule has 2 aromatic rings. The summed E-state index contributed by atoms with van der Waals surface area (Å²) < 4.78 is 10.8. The van der Waals surface area contributed by atoms with Crippen LogP contribution in [-0.4, -0.2) is 24.3 Å². The smallest absolute Gasteiger partial charge is 0.333 e. The van der Waals surface area contributed by atoms with Gasteiger partial charge in [-0.1, -0.05) is 45.0 Å². The zero-order valence-corrected chi connectivity index (χ0v) is 17.2. The van der Waals surface area contributed by atoms with Gasteiger partial charge in [0, 0.05) is 17.2 Å². The number of nitrogens with zero attached hydrogens (tertiary/aromatic N) is 2. The Kier molecular flexibility index (Phi) is 8.40. The summed E-state index contributed by atoms with van der Waals surface area (Å²) in [5.41, 5.74) is 2.11. The van der Waals surface area contributed by atoms with Gasteiger partial charge in [-0.2, -0.15) is 5.11 Å². The molecule has 0 radical (unpaired) electrons. The first kappa shape index (κ1) is 22.1. The summed E-state index contributed by atoms with van der Waals surface area (Å²) in [5.74, 6) is 0.584. The van der Waals surface area contributed by atoms with E-state index in [0.29, 0.717) is 35.0 Å². The third-order valence-electron chi connectivity index (χ3n) is 4.37. The Bertz CT molecular complexity index is 863. The zero-order valence-electron chi connectivity index (χ0n) is 17.2. The Labute approximate surface area is 171 Å². The lowest BCUT2D eigenvalue weighted by atomic mass is 9.97. The number of hydrogen-bond donors (Lipinski definition) is 1. The third-order valence-corrected chi connectivity index (χ3v) is 4.37. The van der Waals surface area contributed by atoms with Crippen molar-refractivity contribution in [3.63, 3.8) is 0 Å². The topological polar surface area (TPSA) is 80.5 Å². The van der Waals surface area contributed by atoms with Crippen LogP contribution in [0, 0.1) is 5.92 Å². The van der Waals surface area contributed by atoms with Gasteiger partial charge in [-0.05, 0) is 37.5 Å². The van der Waals surface area contributed by atoms with Crippen LogP contribution in [0.15, 0.2) is 64.8 Å². The number of carbonyl (C=O) groups excluding carboxylic acids is 1. The number of esters is 1. The summed E-state index contributed by atoms with van der Waals surface area (Å²) in [6.07, 6.45) is 1.68. The molecule has 6 nitrogen and oxygen atoms in total. The predicted octanol–water partition coefficient (Wildman–Crippen LogP) is 5.89. The van der Waals surface area contributed by atoms with Crippen LogP contribution in [0.3, 0.4) is 0 Å². The molecule has 0 heterocycles. The monoisotopic (exact) mass is 396 g/mol. The molecule has 0 amide bonds. The highest BCUT2D eigenvalue weighted by Gasteiger charge is 2.14. The van der Waals surface area contributed by atoms with E-state index >= 15 is 0 Å². The van der Waals surface area contributed by atoms with Gasteiger partial charge in [-0.15, -0.1) is 5.11 Å². The molecule has 0 spiro atoms. The summed E-state index contributed by atoms with van der Waals surface area (Å²) in [6, 6.07) is 12.7. The average Bonchev–Trinajstić information content (AvgIpc) is 2.72. The molecule has 0 aromatic heterocycles. The molecule has 0 fully saturated rings. The quantitative estimate of drug-likeness (QED) is 0.235. The summed E-state index contributed by atoms with van der Waals surface area (Å²) in [6.45, 7) is 9.64. The molecule has 154 valence electrons. The van der Waals surface area contributed by atoms with Crippen LogP contribution < -0.4 is 4.74 Å². The van der Waals surface area contributed by atoms with Gasteiger partial charge in [-0.3, -0.25) is 0 Å². The highest BCUT2D eigenvalue weighted by atomic mass is 16.6. The molecule has 0 bridgehead atoms. The Morgan fingerprint density at radius 1 is 1.17 bits per heavy atom. The Morgan fingerprint density at radius 3 is 2.55 bits per heavy atom. The first-order valence-corrected chi connectivity index (χ1v) is 9.68. The second-order valence-corrected chi connectivity index (χ2v) is 6.97. The predicted molar refractivity (Wildman–Crippen MR) is 113 cm³/mol. The van der Waals surface area contributed by atoms with Crippen molar-refractivity contribution in [1.82, 2.24) is 0 Å². The maximum Gasteiger partial charge on any atom is 0.333 e. The number of carbonyl (C=O) groups is 1. The SMILES string of the molecule is C=C(C)C(=O)OCCOc1cc(CC(C)CC)c(O)c(N=Nc2ccccc2)c1. The fourth-order valence-electron chi connectivity index (χ4n) is 2.51. The van der Waals surface area contributed by atoms with E-state index in [1.165, 1.54) is 0 Å². The zero-order chi connectivity index (χ0) is 21.2. The lowest BCUT2D eigenvalue weighted by molar-refractivity contribution is -0.139. The van der Waals surface area contributed by atoms with E-state index < -0.39 is 5.97 Å². The number of aromatic hydroxyl groups is 1. The van der Waals surface area contributed by atoms with E-state index in [9.17, 15) is 9.90 Å². The minimum Gasteiger partial charge on any atom is -0.505 e. The van der Waals surface area contributed by atoms with Crippen LogP contribution in [0.2, 0.25) is 0 Å². The van der Waals surface area contributed by atoms with E-state index in [1.807, 2.05) is 30.3 Å². The average molecular weight is 396 g/mol. The molecule has 0 saturated heterocycles. The van der Waals surface area contributed by atoms with Crippen molar-refractivity contribution < 1.29 is 19.4 Å². The number of benzene rings is 2. The minimum absolute atomic E-state index is 0.103. The Hall–Kier alpha value is -3.15. The number of phenols is 1. The van der Waals surface area contributed by atoms with Gasteiger partial charge in [0.15, 0.2) is 0 Å². The van der Waals surface area contributed by atoms with Gasteiger partial charge in [0.2, 0.25) is 0 Å². The van der Waals surface area contributed by atoms with Gasteiger partial charge in [0.1, 0.15) is 30.4 Å². The molecular formula is C23H28N2O4. The van der Waals surface area contributed by atoms with Gasteiger partial charge in [-0.25, -0.2) is 4.79 Å². The number of ether oxygens (including phenoxy) is 2. The summed E-state index contributed by atoms with van der Waals surface area (Å²) in [5, 5.41) is 19.0. The molecule has 1 atom stereocenters. The Morgan fingerprint density at radius 2 is 1.90 bits per heavy atom. The van der Waals surface area contributed by atoms with Crippen LogP contribution in [0.25, 0.3) is 0 Å². The summed E-state index contributed by atoms with van der Waals surface area (Å²) in [7, 11) is 0. The maximum absolute atomic E-state index is 11.4. The molecule has 0 saturated carbocycles. The van der Waals surface area contributed by atoms with E-state index in [-0.39, 0.29) is 19.0 Å². The molecule has 2 aromatic carbocycles. The molecule has 2 rings (SSSR count). The first-order valence-electron chi connectivity index (χ1n) is 9.68. The van der Waals surface area contributed by atoms with E-state index in [2.05, 4.69) is 30.7 Å². The highest BCUT2D eigenvalue weighted by Crippen LogP contribution is 2.37. The van der Waals surface area contributed by atoms with Crippen LogP contribution in [0.5, 0.6) is 11.5 Å². The van der Waals surface area contributed by atoms with Gasteiger partial charge in [0.25, 0.3) is 0 Å². The lowest BCUT2D eigenvalue weighted by Gasteiger charge is -2.14. The largest absolute Gasteiger partial charge is 0.505 e. The van der Waals surface area contributed by atoms with E-state index in [4.69, 9.17) is 9.47 Å². The van der Waals surface area contributed by atoms with Crippen LogP contribution in [0.1, 0.15) is 32.8 Å². The van der Waals surface area contributed by atoms with Gasteiger partial charge < -0.3 is 14.6 Å². The normalized spacial score (nSPS) is 12.0. The second-order valence-electron chi connectivity index (χ2n) is 6.97. The van der Waals surface area contributed by atoms with E-state index in [1.54, 1.807) is 19.1 Å². The molecule has 6 heteroatoms. The lowest BCUT2D eigenvalue weighted by Crippen LogP contribution is -2.12. The van der Waals surface area contributed by atoms with Crippen molar-refractivity contribution in [2.75, 3.05) is 13.2 Å². The van der Waals surface area contributed by atoms with Crippen molar-refractivity contribution in [1.29, 1.82) is 0 Å². The van der Waals surface area contributed by atoms with Crippen molar-refractivity contribution in [3.05, 3.63) is 60.2 Å². The van der Waals surface area contributed by atoms with Crippen LogP contribution in [0.4, 0.5) is 11.4 Å². The van der Waals surface area contributed by atoms with Crippen LogP contribution in [-0.2, 0) is 16.0 Å². The molecule has 1 unspecified atom stereocenters. The minimum atomic E-state index is -0.450. The maximum atomic E-state index is 11.4. The van der Waals surface area contributed by atoms with Crippen molar-refractivity contribution >= 4 is 17.3 Å². The molecule has 0 aliphatic heterocycles. The Balaban J connectivity index is 2.18. The molecular weight excluding hydrogens is 368 g/mol. The fraction of sp³-hybridized carbons (Fsp3) is 0.348. The van der Waals surface area contributed by atoms with Gasteiger partial charge in [0.05, 0.1) is 5.69 Å². The summed E-state index contributed by atoms with van der Waals surface area (Å²) in [4.78, 5) is 11.4. The summed E-state index contributed by atoms with van der Waals surface area (Å²) >= 11 is 0. The van der Waals surface area contributed by atoms with Gasteiger partial charge >= 0.3 is 5.97 Å². The third kappa shape index (κ3) is 7.07.